The number of allylic oxidation sites excluding steroid dienone is 1. The largest absolute Gasteiger partial charge is 0.103 e. The molecular weight excluding hydrogens is 372 g/mol. The predicted octanol–water partition coefficient (Wildman–Crippen LogP) is 8.48. The summed E-state index contributed by atoms with van der Waals surface area (Å²) in [4.78, 5) is 0. The molecule has 31 heavy (non-hydrogen) atoms. The molecule has 4 rings (SSSR count). The van der Waals surface area contributed by atoms with E-state index in [0.717, 1.165) is 19.3 Å². The first-order valence-electron chi connectivity index (χ1n) is 12.2. The normalized spacial score (nSPS) is 15.5. The Balaban J connectivity index is 1.42. The van der Waals surface area contributed by atoms with Gasteiger partial charge in [-0.3, -0.25) is 0 Å². The summed E-state index contributed by atoms with van der Waals surface area (Å²) in [5.74, 6) is 0.647. The van der Waals surface area contributed by atoms with Crippen LogP contribution in [0.15, 0.2) is 79.4 Å². The molecule has 0 nitrogen and oxygen atoms in total. The molecule has 0 radical (unpaired) electrons. The molecule has 1 aliphatic rings. The molecule has 0 heteroatoms. The van der Waals surface area contributed by atoms with Gasteiger partial charge in [0, 0.05) is 0 Å². The second kappa shape index (κ2) is 10.6. The zero-order chi connectivity index (χ0) is 21.5. The van der Waals surface area contributed by atoms with Crippen LogP contribution in [0.4, 0.5) is 0 Å². The second-order valence-corrected chi connectivity index (χ2v) is 9.15. The van der Waals surface area contributed by atoms with Crippen LogP contribution in [0.25, 0.3) is 11.1 Å². The molecule has 0 aliphatic heterocycles. The van der Waals surface area contributed by atoms with Crippen molar-refractivity contribution in [3.05, 3.63) is 107 Å². The van der Waals surface area contributed by atoms with Gasteiger partial charge in [0.2, 0.25) is 0 Å². The molecular formula is C31H36. The maximum absolute atomic E-state index is 3.83. The van der Waals surface area contributed by atoms with Crippen molar-refractivity contribution < 1.29 is 0 Å². The Bertz CT molecular complexity index is 976. The summed E-state index contributed by atoms with van der Waals surface area (Å²) in [6.45, 7) is 6.10. The molecule has 0 amide bonds. The fourth-order valence-corrected chi connectivity index (χ4v) is 4.89. The molecule has 0 N–H and O–H groups in total. The highest BCUT2D eigenvalue weighted by Crippen LogP contribution is 2.35. The second-order valence-electron chi connectivity index (χ2n) is 9.15. The number of hydrogen-bond donors (Lipinski definition) is 0. The fourth-order valence-electron chi connectivity index (χ4n) is 4.89. The molecule has 3 aromatic carbocycles. The third-order valence-electron chi connectivity index (χ3n) is 6.88. The first-order valence-corrected chi connectivity index (χ1v) is 12.2. The van der Waals surface area contributed by atoms with Crippen molar-refractivity contribution >= 4 is 0 Å². The lowest BCUT2D eigenvalue weighted by Crippen LogP contribution is -2.13. The van der Waals surface area contributed by atoms with Gasteiger partial charge < -0.3 is 0 Å². The van der Waals surface area contributed by atoms with Crippen LogP contribution in [0.5, 0.6) is 0 Å². The maximum atomic E-state index is 3.83. The summed E-state index contributed by atoms with van der Waals surface area (Å²) >= 11 is 0. The van der Waals surface area contributed by atoms with Gasteiger partial charge in [-0.1, -0.05) is 92.6 Å². The molecule has 0 fully saturated rings. The molecule has 1 atom stereocenters. The van der Waals surface area contributed by atoms with Crippen molar-refractivity contribution in [1.82, 2.24) is 0 Å². The van der Waals surface area contributed by atoms with Crippen LogP contribution >= 0.6 is 0 Å². The Labute approximate surface area is 189 Å². The lowest BCUT2D eigenvalue weighted by atomic mass is 9.79. The van der Waals surface area contributed by atoms with Crippen LogP contribution < -0.4 is 0 Å². The first-order chi connectivity index (χ1) is 15.3. The van der Waals surface area contributed by atoms with E-state index in [9.17, 15) is 0 Å². The minimum Gasteiger partial charge on any atom is -0.103 e. The quantitative estimate of drug-likeness (QED) is 0.246. The topological polar surface area (TPSA) is 0 Å². The molecule has 0 bridgehead atoms. The minimum absolute atomic E-state index is 0.647. The number of rotatable bonds is 9. The Morgan fingerprint density at radius 2 is 1.52 bits per heavy atom. The summed E-state index contributed by atoms with van der Waals surface area (Å²) < 4.78 is 0. The van der Waals surface area contributed by atoms with Crippen molar-refractivity contribution in [2.75, 3.05) is 0 Å². The molecule has 1 unspecified atom stereocenters. The molecule has 3 aromatic rings. The molecule has 0 aromatic heterocycles. The van der Waals surface area contributed by atoms with E-state index in [2.05, 4.69) is 80.2 Å². The fraction of sp³-hybridized carbons (Fsp3) is 0.355. The highest BCUT2D eigenvalue weighted by Gasteiger charge is 2.20. The van der Waals surface area contributed by atoms with Gasteiger partial charge in [-0.2, -0.15) is 0 Å². The number of hydrogen-bond acceptors (Lipinski definition) is 0. The van der Waals surface area contributed by atoms with E-state index >= 15 is 0 Å². The number of aryl methyl sites for hydroxylation is 3. The lowest BCUT2D eigenvalue weighted by Gasteiger charge is -2.26. The van der Waals surface area contributed by atoms with E-state index in [4.69, 9.17) is 0 Å². The molecule has 0 spiro atoms. The third kappa shape index (κ3) is 5.56. The van der Waals surface area contributed by atoms with E-state index in [1.54, 1.807) is 5.56 Å². The van der Waals surface area contributed by atoms with Crippen molar-refractivity contribution in [2.24, 2.45) is 0 Å². The molecule has 0 heterocycles. The summed E-state index contributed by atoms with van der Waals surface area (Å²) in [7, 11) is 0. The minimum atomic E-state index is 0.647. The maximum Gasteiger partial charge on any atom is -0.0118 e. The lowest BCUT2D eigenvalue weighted by molar-refractivity contribution is 0.585. The zero-order valence-corrected chi connectivity index (χ0v) is 19.1. The Morgan fingerprint density at radius 1 is 0.806 bits per heavy atom. The first kappa shape index (κ1) is 21.6. The van der Waals surface area contributed by atoms with E-state index in [1.165, 1.54) is 71.9 Å². The van der Waals surface area contributed by atoms with Gasteiger partial charge in [0.15, 0.2) is 0 Å². The van der Waals surface area contributed by atoms with Crippen LogP contribution in [0, 0.1) is 0 Å². The SMILES string of the molecule is C=CCCc1ccc(C2CCc3cc(-c4ccc(CCCCC)cc4)ccc3C2)cc1. The Kier molecular flexibility index (Phi) is 7.41. The van der Waals surface area contributed by atoms with Gasteiger partial charge in [0.1, 0.15) is 0 Å². The van der Waals surface area contributed by atoms with Gasteiger partial charge in [-0.25, -0.2) is 0 Å². The summed E-state index contributed by atoms with van der Waals surface area (Å²) in [6, 6.07) is 25.7. The summed E-state index contributed by atoms with van der Waals surface area (Å²) in [5.41, 5.74) is 10.2. The van der Waals surface area contributed by atoms with Crippen LogP contribution in [0.3, 0.4) is 0 Å². The van der Waals surface area contributed by atoms with Gasteiger partial charge >= 0.3 is 0 Å². The monoisotopic (exact) mass is 408 g/mol. The summed E-state index contributed by atoms with van der Waals surface area (Å²) in [6.07, 6.45) is 12.9. The highest BCUT2D eigenvalue weighted by molar-refractivity contribution is 5.65. The summed E-state index contributed by atoms with van der Waals surface area (Å²) in [5, 5.41) is 0. The Morgan fingerprint density at radius 3 is 2.26 bits per heavy atom. The van der Waals surface area contributed by atoms with Crippen molar-refractivity contribution in [1.29, 1.82) is 0 Å². The molecule has 0 saturated heterocycles. The van der Waals surface area contributed by atoms with Crippen LogP contribution in [-0.2, 0) is 25.7 Å². The number of benzene rings is 3. The van der Waals surface area contributed by atoms with Crippen LogP contribution in [0.2, 0.25) is 0 Å². The molecule has 160 valence electrons. The third-order valence-corrected chi connectivity index (χ3v) is 6.88. The number of unbranched alkanes of at least 4 members (excludes halogenated alkanes) is 2. The van der Waals surface area contributed by atoms with Crippen molar-refractivity contribution in [3.8, 4) is 11.1 Å². The van der Waals surface area contributed by atoms with E-state index < -0.39 is 0 Å². The zero-order valence-electron chi connectivity index (χ0n) is 19.1. The van der Waals surface area contributed by atoms with Gasteiger partial charge in [0.05, 0.1) is 0 Å². The predicted molar refractivity (Wildman–Crippen MR) is 135 cm³/mol. The van der Waals surface area contributed by atoms with E-state index in [-0.39, 0.29) is 0 Å². The standard InChI is InChI=1S/C31H36/c1-3-5-7-9-25-12-16-27(17-13-25)29-19-21-30-22-28(18-20-31(30)23-29)26-14-10-24(11-15-26)8-6-4-2/h4,10-17,19,21,23,28H,2-3,5-9,18,20,22H2,1H3. The number of fused-ring (bicyclic) bond motifs is 1. The Hall–Kier alpha value is -2.60. The van der Waals surface area contributed by atoms with Crippen molar-refractivity contribution in [3.63, 3.8) is 0 Å². The highest BCUT2D eigenvalue weighted by atomic mass is 14.2. The van der Waals surface area contributed by atoms with E-state index in [0.29, 0.717) is 5.92 Å². The van der Waals surface area contributed by atoms with Gasteiger partial charge in [-0.05, 0) is 89.8 Å². The molecule has 0 saturated carbocycles. The van der Waals surface area contributed by atoms with Crippen molar-refractivity contribution in [2.45, 2.75) is 70.6 Å². The van der Waals surface area contributed by atoms with Crippen LogP contribution in [-0.4, -0.2) is 0 Å². The van der Waals surface area contributed by atoms with E-state index in [1.807, 2.05) is 6.08 Å². The average molecular weight is 409 g/mol. The molecule has 1 aliphatic carbocycles. The van der Waals surface area contributed by atoms with Gasteiger partial charge in [-0.15, -0.1) is 6.58 Å². The van der Waals surface area contributed by atoms with Gasteiger partial charge in [0.25, 0.3) is 0 Å². The average Bonchev–Trinajstić information content (AvgIpc) is 2.83. The smallest absolute Gasteiger partial charge is 0.0118 e. The van der Waals surface area contributed by atoms with Crippen LogP contribution in [0.1, 0.15) is 72.8 Å².